The van der Waals surface area contributed by atoms with Crippen molar-refractivity contribution in [1.29, 1.82) is 0 Å². The van der Waals surface area contributed by atoms with Gasteiger partial charge in [0.05, 0.1) is 5.75 Å². The number of aryl methyl sites for hydroxylation is 1. The maximum atomic E-state index is 12.3. The van der Waals surface area contributed by atoms with Crippen LogP contribution in [0.25, 0.3) is 0 Å². The molecule has 1 aliphatic rings. The van der Waals surface area contributed by atoms with Crippen LogP contribution in [0.3, 0.4) is 0 Å². The number of carbonyl (C=O) groups excluding carboxylic acids is 1. The van der Waals surface area contributed by atoms with E-state index in [0.717, 1.165) is 12.8 Å². The van der Waals surface area contributed by atoms with Crippen molar-refractivity contribution in [3.63, 3.8) is 0 Å². The van der Waals surface area contributed by atoms with E-state index >= 15 is 0 Å². The lowest BCUT2D eigenvalue weighted by atomic mass is 9.98. The summed E-state index contributed by atoms with van der Waals surface area (Å²) in [6.07, 6.45) is 3.33. The summed E-state index contributed by atoms with van der Waals surface area (Å²) in [7, 11) is 0. The number of nitrogens with one attached hydrogen (secondary N) is 1. The van der Waals surface area contributed by atoms with E-state index in [-0.39, 0.29) is 11.5 Å². The van der Waals surface area contributed by atoms with Crippen LogP contribution in [0.15, 0.2) is 16.0 Å². The quantitative estimate of drug-likeness (QED) is 0.684. The first-order valence-corrected chi connectivity index (χ1v) is 7.98. The van der Waals surface area contributed by atoms with Crippen molar-refractivity contribution in [3.05, 3.63) is 22.1 Å². The van der Waals surface area contributed by atoms with Gasteiger partial charge in [-0.15, -0.1) is 0 Å². The van der Waals surface area contributed by atoms with E-state index in [4.69, 9.17) is 0 Å². The highest BCUT2D eigenvalue weighted by Crippen LogP contribution is 2.24. The van der Waals surface area contributed by atoms with Gasteiger partial charge in [-0.2, -0.15) is 0 Å². The maximum Gasteiger partial charge on any atom is 0.251 e. The van der Waals surface area contributed by atoms with Crippen molar-refractivity contribution < 1.29 is 4.79 Å². The summed E-state index contributed by atoms with van der Waals surface area (Å²) in [4.78, 5) is 32.6. The second-order valence-electron chi connectivity index (χ2n) is 5.41. The third-order valence-electron chi connectivity index (χ3n) is 3.66. The predicted molar refractivity (Wildman–Crippen MR) is 79.9 cm³/mol. The van der Waals surface area contributed by atoms with Crippen molar-refractivity contribution in [2.45, 2.75) is 57.3 Å². The Morgan fingerprint density at radius 3 is 2.70 bits per heavy atom. The van der Waals surface area contributed by atoms with Crippen LogP contribution in [-0.2, 0) is 4.79 Å². The molecule has 1 aromatic rings. The van der Waals surface area contributed by atoms with Gasteiger partial charge in [0.1, 0.15) is 0 Å². The fraction of sp³-hybridized carbons (Fsp3) is 0.643. The normalized spacial score (nSPS) is 22.9. The second kappa shape index (κ2) is 6.43. The molecule has 5 nitrogen and oxygen atoms in total. The fourth-order valence-corrected chi connectivity index (χ4v) is 3.53. The lowest BCUT2D eigenvalue weighted by Crippen LogP contribution is -2.48. The molecule has 20 heavy (non-hydrogen) atoms. The Morgan fingerprint density at radius 1 is 1.45 bits per heavy atom. The van der Waals surface area contributed by atoms with Crippen LogP contribution < -0.4 is 5.56 Å². The first-order chi connectivity index (χ1) is 9.47. The smallest absolute Gasteiger partial charge is 0.251 e. The molecule has 0 aromatic carbocycles. The first kappa shape index (κ1) is 15.1. The number of nitrogens with zero attached hydrogens (tertiary/aromatic N) is 2. The van der Waals surface area contributed by atoms with Crippen molar-refractivity contribution in [1.82, 2.24) is 14.9 Å². The molecule has 0 radical (unpaired) electrons. The zero-order valence-electron chi connectivity index (χ0n) is 12.2. The van der Waals surface area contributed by atoms with Gasteiger partial charge in [-0.3, -0.25) is 9.59 Å². The van der Waals surface area contributed by atoms with Gasteiger partial charge in [0.25, 0.3) is 5.56 Å². The number of H-pyrrole nitrogens is 1. The zero-order valence-corrected chi connectivity index (χ0v) is 13.0. The lowest BCUT2D eigenvalue weighted by molar-refractivity contribution is -0.134. The number of hydrogen-bond acceptors (Lipinski definition) is 4. The van der Waals surface area contributed by atoms with Gasteiger partial charge in [-0.1, -0.05) is 11.8 Å². The summed E-state index contributed by atoms with van der Waals surface area (Å²) in [5, 5.41) is 0.515. The van der Waals surface area contributed by atoms with E-state index in [9.17, 15) is 9.59 Å². The third-order valence-corrected chi connectivity index (χ3v) is 4.52. The van der Waals surface area contributed by atoms with Gasteiger partial charge in [0, 0.05) is 23.8 Å². The SMILES string of the molecule is Cc1cc(=O)[nH]c(SCC(=O)N2[C@@H](C)CCC[C@@H]2C)n1. The minimum absolute atomic E-state index is 0.124. The van der Waals surface area contributed by atoms with E-state index in [1.165, 1.54) is 24.2 Å². The monoisotopic (exact) mass is 295 g/mol. The van der Waals surface area contributed by atoms with Gasteiger partial charge < -0.3 is 9.88 Å². The molecule has 0 spiro atoms. The highest BCUT2D eigenvalue weighted by Gasteiger charge is 2.28. The molecule has 1 amide bonds. The summed E-state index contributed by atoms with van der Waals surface area (Å²) < 4.78 is 0. The first-order valence-electron chi connectivity index (χ1n) is 6.99. The summed E-state index contributed by atoms with van der Waals surface area (Å²) >= 11 is 1.30. The van der Waals surface area contributed by atoms with Crippen molar-refractivity contribution in [2.24, 2.45) is 0 Å². The lowest BCUT2D eigenvalue weighted by Gasteiger charge is -2.39. The molecule has 1 fully saturated rings. The van der Waals surface area contributed by atoms with E-state index in [2.05, 4.69) is 23.8 Å². The fourth-order valence-electron chi connectivity index (χ4n) is 2.74. The molecule has 6 heteroatoms. The van der Waals surface area contributed by atoms with Gasteiger partial charge in [0.15, 0.2) is 5.16 Å². The van der Waals surface area contributed by atoms with Gasteiger partial charge >= 0.3 is 0 Å². The van der Waals surface area contributed by atoms with Gasteiger partial charge in [-0.25, -0.2) is 4.98 Å². The van der Waals surface area contributed by atoms with E-state index in [0.29, 0.717) is 28.7 Å². The van der Waals surface area contributed by atoms with E-state index < -0.39 is 0 Å². The maximum absolute atomic E-state index is 12.3. The topological polar surface area (TPSA) is 66.1 Å². The van der Waals surface area contributed by atoms with Crippen molar-refractivity contribution in [2.75, 3.05) is 5.75 Å². The molecule has 1 saturated heterocycles. The number of carbonyl (C=O) groups is 1. The van der Waals surface area contributed by atoms with E-state index in [1.807, 2.05) is 4.90 Å². The molecule has 2 heterocycles. The Hall–Kier alpha value is -1.30. The van der Waals surface area contributed by atoms with Crippen LogP contribution in [0.5, 0.6) is 0 Å². The standard InChI is InChI=1S/C14H21N3O2S/c1-9-7-12(18)16-14(15-9)20-8-13(19)17-10(2)5-4-6-11(17)3/h7,10-11H,4-6,8H2,1-3H3,(H,15,16,18)/t10-,11-/m0/s1. The molecule has 1 N–H and O–H groups in total. The molecule has 0 unspecified atom stereocenters. The van der Waals surface area contributed by atoms with Crippen molar-refractivity contribution in [3.8, 4) is 0 Å². The van der Waals surface area contributed by atoms with Gasteiger partial charge in [0.2, 0.25) is 5.91 Å². The van der Waals surface area contributed by atoms with Crippen LogP contribution in [0, 0.1) is 6.92 Å². The average molecular weight is 295 g/mol. The molecular formula is C14H21N3O2S. The number of rotatable bonds is 3. The summed E-state index contributed by atoms with van der Waals surface area (Å²) in [6, 6.07) is 2.05. The average Bonchev–Trinajstić information content (AvgIpc) is 2.35. The van der Waals surface area contributed by atoms with Crippen LogP contribution in [-0.4, -0.2) is 38.6 Å². The number of likely N-dealkylation sites (tertiary alicyclic amines) is 1. The Balaban J connectivity index is 1.99. The predicted octanol–water partition coefficient (Wildman–Crippen LogP) is 1.96. The van der Waals surface area contributed by atoms with E-state index in [1.54, 1.807) is 6.92 Å². The zero-order chi connectivity index (χ0) is 14.7. The second-order valence-corrected chi connectivity index (χ2v) is 6.37. The molecular weight excluding hydrogens is 274 g/mol. The third kappa shape index (κ3) is 3.62. The number of amides is 1. The molecule has 1 aromatic heterocycles. The molecule has 2 atom stereocenters. The van der Waals surface area contributed by atoms with Gasteiger partial charge in [-0.05, 0) is 40.0 Å². The Morgan fingerprint density at radius 2 is 2.10 bits per heavy atom. The number of aromatic nitrogens is 2. The summed E-state index contributed by atoms with van der Waals surface area (Å²) in [5.41, 5.74) is 0.496. The number of thioether (sulfide) groups is 1. The molecule has 0 aliphatic carbocycles. The summed E-state index contributed by atoms with van der Waals surface area (Å²) in [5.74, 6) is 0.444. The molecule has 0 saturated carbocycles. The van der Waals surface area contributed by atoms with Crippen LogP contribution >= 0.6 is 11.8 Å². The number of hydrogen-bond donors (Lipinski definition) is 1. The molecule has 2 rings (SSSR count). The van der Waals surface area contributed by atoms with Crippen molar-refractivity contribution >= 4 is 17.7 Å². The Labute approximate surface area is 123 Å². The number of aromatic amines is 1. The largest absolute Gasteiger partial charge is 0.337 e. The molecule has 1 aliphatic heterocycles. The van der Waals surface area contributed by atoms with Crippen LogP contribution in [0.2, 0.25) is 0 Å². The highest BCUT2D eigenvalue weighted by atomic mass is 32.2. The molecule has 0 bridgehead atoms. The summed E-state index contributed by atoms with van der Waals surface area (Å²) in [6.45, 7) is 5.98. The highest BCUT2D eigenvalue weighted by molar-refractivity contribution is 7.99. The minimum Gasteiger partial charge on any atom is -0.337 e. The minimum atomic E-state index is -0.174. The van der Waals surface area contributed by atoms with Crippen LogP contribution in [0.4, 0.5) is 0 Å². The Bertz CT molecular complexity index is 533. The molecule has 110 valence electrons. The van der Waals surface area contributed by atoms with Crippen LogP contribution in [0.1, 0.15) is 38.8 Å². The Kier molecular flexibility index (Phi) is 4.86. The number of piperidine rings is 1.